The Morgan fingerprint density at radius 1 is 1.20 bits per heavy atom. The second kappa shape index (κ2) is 7.65. The van der Waals surface area contributed by atoms with Crippen molar-refractivity contribution >= 4 is 11.9 Å². The number of nitrogens with one attached hydrogen (secondary N) is 1. The zero-order valence-electron chi connectivity index (χ0n) is 13.1. The number of hydrogen-bond acceptors (Lipinski definition) is 2. The number of amides is 1. The van der Waals surface area contributed by atoms with Gasteiger partial charge >= 0.3 is 5.97 Å². The summed E-state index contributed by atoms with van der Waals surface area (Å²) in [6.07, 6.45) is 7.77. The summed E-state index contributed by atoms with van der Waals surface area (Å²) in [6, 6.07) is 0. The summed E-state index contributed by atoms with van der Waals surface area (Å²) in [5.74, 6) is -0.291. The topological polar surface area (TPSA) is 66.4 Å². The summed E-state index contributed by atoms with van der Waals surface area (Å²) >= 11 is 0. The fraction of sp³-hybridized carbons (Fsp3) is 0.875. The Kier molecular flexibility index (Phi) is 6.50. The predicted octanol–water partition coefficient (Wildman–Crippen LogP) is 3.35. The molecule has 0 aromatic carbocycles. The molecule has 0 bridgehead atoms. The number of carboxylic acids is 1. The van der Waals surface area contributed by atoms with Gasteiger partial charge in [0.15, 0.2) is 0 Å². The first-order chi connectivity index (χ1) is 9.33. The van der Waals surface area contributed by atoms with Crippen molar-refractivity contribution in [3.63, 3.8) is 0 Å². The lowest BCUT2D eigenvalue weighted by molar-refractivity contribution is -0.139. The maximum atomic E-state index is 12.2. The number of rotatable bonds is 6. The third-order valence-electron chi connectivity index (χ3n) is 4.67. The zero-order valence-corrected chi connectivity index (χ0v) is 13.1. The van der Waals surface area contributed by atoms with Crippen LogP contribution in [0.5, 0.6) is 0 Å². The minimum Gasteiger partial charge on any atom is -0.481 e. The van der Waals surface area contributed by atoms with Gasteiger partial charge in [-0.1, -0.05) is 39.5 Å². The Hall–Kier alpha value is -1.06. The predicted molar refractivity (Wildman–Crippen MR) is 79.4 cm³/mol. The van der Waals surface area contributed by atoms with Gasteiger partial charge in [0.05, 0.1) is 6.42 Å². The van der Waals surface area contributed by atoms with E-state index in [0.717, 1.165) is 12.8 Å². The van der Waals surface area contributed by atoms with Crippen LogP contribution in [0.15, 0.2) is 0 Å². The highest BCUT2D eigenvalue weighted by Crippen LogP contribution is 2.26. The van der Waals surface area contributed by atoms with Crippen LogP contribution in [0.1, 0.15) is 72.1 Å². The van der Waals surface area contributed by atoms with Gasteiger partial charge in [-0.25, -0.2) is 0 Å². The molecule has 0 radical (unpaired) electrons. The summed E-state index contributed by atoms with van der Waals surface area (Å²) in [4.78, 5) is 23.2. The molecule has 1 saturated carbocycles. The quantitative estimate of drug-likeness (QED) is 0.735. The highest BCUT2D eigenvalue weighted by Gasteiger charge is 2.33. The lowest BCUT2D eigenvalue weighted by atomic mass is 9.84. The molecule has 20 heavy (non-hydrogen) atoms. The number of carboxylic acid groups (broad SMARTS) is 1. The van der Waals surface area contributed by atoms with E-state index in [1.807, 2.05) is 20.8 Å². The Labute approximate surface area is 122 Å². The van der Waals surface area contributed by atoms with E-state index in [-0.39, 0.29) is 18.2 Å². The summed E-state index contributed by atoms with van der Waals surface area (Å²) in [5, 5.41) is 12.0. The van der Waals surface area contributed by atoms with Crippen LogP contribution < -0.4 is 5.32 Å². The highest BCUT2D eigenvalue weighted by molar-refractivity contribution is 5.78. The first-order valence-corrected chi connectivity index (χ1v) is 7.86. The molecule has 4 nitrogen and oxygen atoms in total. The second-order valence-corrected chi connectivity index (χ2v) is 6.75. The van der Waals surface area contributed by atoms with Crippen molar-refractivity contribution in [2.24, 2.45) is 11.8 Å². The van der Waals surface area contributed by atoms with Crippen molar-refractivity contribution in [2.45, 2.75) is 77.7 Å². The summed E-state index contributed by atoms with van der Waals surface area (Å²) in [6.45, 7) is 5.74. The first kappa shape index (κ1) is 17.0. The van der Waals surface area contributed by atoms with Gasteiger partial charge in [0.25, 0.3) is 0 Å². The van der Waals surface area contributed by atoms with E-state index in [1.54, 1.807) is 0 Å². The van der Waals surface area contributed by atoms with E-state index in [1.165, 1.54) is 25.7 Å². The molecule has 1 aliphatic rings. The monoisotopic (exact) mass is 283 g/mol. The molecule has 1 unspecified atom stereocenters. The number of carbonyl (C=O) groups is 2. The molecule has 0 aliphatic heterocycles. The minimum atomic E-state index is -0.865. The SMILES string of the molecule is CC(C)C(C)(CC(=O)O)NC(=O)CC1CCCCCC1. The molecule has 1 aliphatic carbocycles. The number of carbonyl (C=O) groups excluding carboxylic acids is 1. The second-order valence-electron chi connectivity index (χ2n) is 6.75. The molecule has 0 aromatic rings. The van der Waals surface area contributed by atoms with Gasteiger partial charge in [0.1, 0.15) is 0 Å². The standard InChI is InChI=1S/C16H29NO3/c1-12(2)16(3,11-15(19)20)17-14(18)10-13-8-6-4-5-7-9-13/h12-13H,4-11H2,1-3H3,(H,17,18)(H,19,20). The van der Waals surface area contributed by atoms with Gasteiger partial charge in [-0.2, -0.15) is 0 Å². The number of hydrogen-bond donors (Lipinski definition) is 2. The van der Waals surface area contributed by atoms with Gasteiger partial charge in [-0.15, -0.1) is 0 Å². The maximum Gasteiger partial charge on any atom is 0.305 e. The highest BCUT2D eigenvalue weighted by atomic mass is 16.4. The molecule has 2 N–H and O–H groups in total. The van der Waals surface area contributed by atoms with Crippen LogP contribution in [-0.2, 0) is 9.59 Å². The average Bonchev–Trinajstić information content (AvgIpc) is 2.55. The first-order valence-electron chi connectivity index (χ1n) is 7.86. The van der Waals surface area contributed by atoms with Crippen LogP contribution in [0.2, 0.25) is 0 Å². The third-order valence-corrected chi connectivity index (χ3v) is 4.67. The van der Waals surface area contributed by atoms with E-state index in [4.69, 9.17) is 5.11 Å². The summed E-state index contributed by atoms with van der Waals surface area (Å²) < 4.78 is 0. The van der Waals surface area contributed by atoms with Crippen LogP contribution >= 0.6 is 0 Å². The molecule has 1 fully saturated rings. The van der Waals surface area contributed by atoms with Crippen LogP contribution in [0.3, 0.4) is 0 Å². The molecular formula is C16H29NO3. The molecule has 1 amide bonds. The smallest absolute Gasteiger partial charge is 0.305 e. The van der Waals surface area contributed by atoms with Crippen molar-refractivity contribution < 1.29 is 14.7 Å². The largest absolute Gasteiger partial charge is 0.481 e. The summed E-state index contributed by atoms with van der Waals surface area (Å²) in [7, 11) is 0. The van der Waals surface area contributed by atoms with Crippen molar-refractivity contribution in [3.05, 3.63) is 0 Å². The maximum absolute atomic E-state index is 12.2. The fourth-order valence-corrected chi connectivity index (χ4v) is 2.91. The molecule has 4 heteroatoms. The van der Waals surface area contributed by atoms with Crippen molar-refractivity contribution in [2.75, 3.05) is 0 Å². The van der Waals surface area contributed by atoms with Gasteiger partial charge in [-0.05, 0) is 31.6 Å². The molecule has 1 atom stereocenters. The van der Waals surface area contributed by atoms with Gasteiger partial charge in [-0.3, -0.25) is 9.59 Å². The fourth-order valence-electron chi connectivity index (χ4n) is 2.91. The molecule has 1 rings (SSSR count). The van der Waals surface area contributed by atoms with Gasteiger partial charge < -0.3 is 10.4 Å². The van der Waals surface area contributed by atoms with E-state index < -0.39 is 11.5 Å². The van der Waals surface area contributed by atoms with Crippen LogP contribution in [0.4, 0.5) is 0 Å². The van der Waals surface area contributed by atoms with Gasteiger partial charge in [0.2, 0.25) is 5.91 Å². The Bertz CT molecular complexity index is 333. The third kappa shape index (κ3) is 5.51. The van der Waals surface area contributed by atoms with Crippen LogP contribution in [0.25, 0.3) is 0 Å². The van der Waals surface area contributed by atoms with Gasteiger partial charge in [0, 0.05) is 12.0 Å². The molecule has 0 spiro atoms. The van der Waals surface area contributed by atoms with E-state index in [9.17, 15) is 9.59 Å². The van der Waals surface area contributed by atoms with Crippen LogP contribution in [-0.4, -0.2) is 22.5 Å². The Morgan fingerprint density at radius 2 is 1.75 bits per heavy atom. The molecule has 0 saturated heterocycles. The number of aliphatic carboxylic acids is 1. The summed E-state index contributed by atoms with van der Waals surface area (Å²) in [5.41, 5.74) is -0.659. The molecule has 0 aromatic heterocycles. The van der Waals surface area contributed by atoms with E-state index in [2.05, 4.69) is 5.32 Å². The van der Waals surface area contributed by atoms with Crippen molar-refractivity contribution in [1.82, 2.24) is 5.32 Å². The average molecular weight is 283 g/mol. The lowest BCUT2D eigenvalue weighted by Crippen LogP contribution is -2.51. The minimum absolute atomic E-state index is 0.00866. The zero-order chi connectivity index (χ0) is 15.2. The lowest BCUT2D eigenvalue weighted by Gasteiger charge is -2.34. The van der Waals surface area contributed by atoms with E-state index in [0.29, 0.717) is 12.3 Å². The Balaban J connectivity index is 2.54. The van der Waals surface area contributed by atoms with Crippen LogP contribution in [0, 0.1) is 11.8 Å². The van der Waals surface area contributed by atoms with Crippen molar-refractivity contribution in [1.29, 1.82) is 0 Å². The molecule has 0 heterocycles. The Morgan fingerprint density at radius 3 is 2.20 bits per heavy atom. The molecule has 116 valence electrons. The molecular weight excluding hydrogens is 254 g/mol. The normalized spacial score (nSPS) is 20.2. The van der Waals surface area contributed by atoms with E-state index >= 15 is 0 Å². The van der Waals surface area contributed by atoms with Crippen molar-refractivity contribution in [3.8, 4) is 0 Å².